The number of hydrogen-bond acceptors (Lipinski definition) is 19. The minimum absolute atomic E-state index is 0.000540. The minimum Gasteiger partial charge on any atom is -0.476 e. The number of anilines is 4. The van der Waals surface area contributed by atoms with E-state index in [4.69, 9.17) is 4.74 Å². The van der Waals surface area contributed by atoms with E-state index in [0.717, 1.165) is 102 Å². The average Bonchev–Trinajstić information content (AvgIpc) is 1.80. The molecule has 10 aromatic rings. The van der Waals surface area contributed by atoms with Gasteiger partial charge in [-0.3, -0.25) is 24.0 Å². The fraction of sp³-hybridized carbons (Fsp3) is 0.423. The third-order valence-corrected chi connectivity index (χ3v) is 18.0. The van der Waals surface area contributed by atoms with Crippen molar-refractivity contribution in [1.29, 1.82) is 0 Å². The molecule has 5 aliphatic rings. The van der Waals surface area contributed by atoms with Crippen molar-refractivity contribution < 1.29 is 4.74 Å². The second-order valence-corrected chi connectivity index (χ2v) is 24.9. The first kappa shape index (κ1) is 66.8. The number of hydrogen-bond donors (Lipinski definition) is 4. The fourth-order valence-corrected chi connectivity index (χ4v) is 12.5. The summed E-state index contributed by atoms with van der Waals surface area (Å²) in [5.74, 6) is 0.634. The normalized spacial score (nSPS) is 15.4. The summed E-state index contributed by atoms with van der Waals surface area (Å²) in [6.45, 7) is 15.9. The zero-order valence-electron chi connectivity index (χ0n) is 55.4. The van der Waals surface area contributed by atoms with Crippen LogP contribution < -0.4 is 49.1 Å². The molecule has 5 aromatic carbocycles. The topological polar surface area (TPSA) is 254 Å². The van der Waals surface area contributed by atoms with Gasteiger partial charge >= 0.3 is 0 Å². The van der Waals surface area contributed by atoms with Crippen molar-refractivity contribution in [2.24, 2.45) is 40.2 Å². The number of likely N-dealkylation sites (tertiary alicyclic amines) is 3. The lowest BCUT2D eigenvalue weighted by Gasteiger charge is -2.26. The lowest BCUT2D eigenvalue weighted by molar-refractivity contribution is 0.228. The highest BCUT2D eigenvalue weighted by Gasteiger charge is 2.18. The smallest absolute Gasteiger partial charge is 0.260 e. The molecule has 0 amide bonds. The molecule has 0 atom stereocenters. The van der Waals surface area contributed by atoms with Crippen molar-refractivity contribution >= 4 is 83.2 Å². The van der Waals surface area contributed by atoms with Gasteiger partial charge in [-0.1, -0.05) is 6.42 Å². The van der Waals surface area contributed by atoms with E-state index in [1.165, 1.54) is 132 Å². The highest BCUT2D eigenvalue weighted by Crippen LogP contribution is 2.27. The largest absolute Gasteiger partial charge is 0.476 e. The van der Waals surface area contributed by atoms with Crippen LogP contribution >= 0.6 is 0 Å². The van der Waals surface area contributed by atoms with Crippen molar-refractivity contribution in [1.82, 2.24) is 62.5 Å². The molecule has 0 saturated carbocycles. The van der Waals surface area contributed by atoms with E-state index < -0.39 is 0 Å². The summed E-state index contributed by atoms with van der Waals surface area (Å²) >= 11 is 0. The number of aliphatic imine (C=N–C) groups is 1. The fourth-order valence-electron chi connectivity index (χ4n) is 12.5. The molecule has 0 radical (unpaired) electrons. The summed E-state index contributed by atoms with van der Waals surface area (Å²) in [5, 5.41) is 16.9. The molecular formula is C71H88N18O6. The Kier molecular flexibility index (Phi) is 22.5. The first-order valence-corrected chi connectivity index (χ1v) is 33.3. The van der Waals surface area contributed by atoms with Gasteiger partial charge in [-0.05, 0) is 195 Å². The Morgan fingerprint density at radius 1 is 0.432 bits per heavy atom. The van der Waals surface area contributed by atoms with Gasteiger partial charge in [0.2, 0.25) is 5.90 Å². The molecule has 95 heavy (non-hydrogen) atoms. The van der Waals surface area contributed by atoms with Crippen LogP contribution in [-0.4, -0.2) is 167 Å². The first-order chi connectivity index (χ1) is 46.2. The summed E-state index contributed by atoms with van der Waals surface area (Å²) in [6, 6.07) is 26.6. The molecule has 24 nitrogen and oxygen atoms in total. The molecule has 3 saturated heterocycles. The Hall–Kier alpha value is -9.65. The molecule has 0 bridgehead atoms. The molecule has 5 aromatic heterocycles. The van der Waals surface area contributed by atoms with Crippen LogP contribution in [0.4, 0.5) is 22.7 Å². The number of nitrogens with zero attached hydrogens (tertiary/aromatic N) is 14. The van der Waals surface area contributed by atoms with E-state index in [1.54, 1.807) is 66.6 Å². The predicted octanol–water partition coefficient (Wildman–Crippen LogP) is 7.11. The molecule has 5 aliphatic heterocycles. The van der Waals surface area contributed by atoms with Crippen LogP contribution in [0.2, 0.25) is 0 Å². The first-order valence-electron chi connectivity index (χ1n) is 33.3. The van der Waals surface area contributed by atoms with Crippen LogP contribution in [0, 0.1) is 0 Å². The van der Waals surface area contributed by atoms with Crippen LogP contribution in [0.1, 0.15) is 68.9 Å². The van der Waals surface area contributed by atoms with Gasteiger partial charge in [0, 0.05) is 102 Å². The van der Waals surface area contributed by atoms with Gasteiger partial charge in [-0.15, -0.1) is 0 Å². The van der Waals surface area contributed by atoms with Gasteiger partial charge in [0.25, 0.3) is 27.8 Å². The zero-order valence-corrected chi connectivity index (χ0v) is 55.4. The van der Waals surface area contributed by atoms with Crippen molar-refractivity contribution in [3.05, 3.63) is 179 Å². The van der Waals surface area contributed by atoms with E-state index in [1.807, 2.05) is 78.9 Å². The van der Waals surface area contributed by atoms with E-state index in [9.17, 15) is 24.0 Å². The summed E-state index contributed by atoms with van der Waals surface area (Å²) < 4.78 is 12.9. The Bertz CT molecular complexity index is 4660. The number of benzene rings is 5. The molecule has 15 rings (SSSR count). The van der Waals surface area contributed by atoms with Gasteiger partial charge < -0.3 is 63.5 Å². The lowest BCUT2D eigenvalue weighted by atomic mass is 10.1. The molecule has 498 valence electrons. The second-order valence-electron chi connectivity index (χ2n) is 24.9. The number of fused-ring (bicyclic) bond motifs is 7. The highest BCUT2D eigenvalue weighted by molar-refractivity contribution is 5.98. The van der Waals surface area contributed by atoms with Gasteiger partial charge in [-0.25, -0.2) is 29.9 Å². The van der Waals surface area contributed by atoms with Crippen LogP contribution in [-0.2, 0) is 46.4 Å². The molecule has 3 fully saturated rings. The molecule has 0 aliphatic carbocycles. The second kappa shape index (κ2) is 32.0. The van der Waals surface area contributed by atoms with Crippen LogP contribution in [0.5, 0.6) is 0 Å². The van der Waals surface area contributed by atoms with Crippen molar-refractivity contribution in [3.63, 3.8) is 0 Å². The molecule has 4 N–H and O–H groups in total. The summed E-state index contributed by atoms with van der Waals surface area (Å²) in [6.07, 6.45) is 20.5. The molecular weight excluding hydrogens is 1200 g/mol. The Morgan fingerprint density at radius 2 is 0.821 bits per heavy atom. The number of ether oxygens (including phenoxy) is 1. The number of piperidine rings is 1. The Labute approximate surface area is 551 Å². The molecule has 10 heterocycles. The SMILES string of the molecule is Cn1cnc2c3c(ccc2c1=O)NCC3.Cn1cnc2cc(C3=NCCO3)ccc2c1=O.Cn1cnc2cc(NCCCN3CCCC3)ccc2c1=O.Cn1cnc2cc(NCCCN3CCCCC3)ccc2c1=O.Cn1cnc2cc(NCCN3CCCC3)ccc2c1=O. The van der Waals surface area contributed by atoms with Gasteiger partial charge in [-0.2, -0.15) is 0 Å². The minimum atomic E-state index is -0.0455. The predicted molar refractivity (Wildman–Crippen MR) is 381 cm³/mol. The van der Waals surface area contributed by atoms with E-state index in [-0.39, 0.29) is 27.8 Å². The molecule has 24 heteroatoms. The van der Waals surface area contributed by atoms with Gasteiger partial charge in [0.15, 0.2) is 0 Å². The summed E-state index contributed by atoms with van der Waals surface area (Å²) in [5.41, 5.74) is 10.0. The summed E-state index contributed by atoms with van der Waals surface area (Å²) in [4.78, 5) is 92.8. The monoisotopic (exact) mass is 1290 g/mol. The molecule has 0 unspecified atom stereocenters. The third-order valence-electron chi connectivity index (χ3n) is 18.0. The van der Waals surface area contributed by atoms with E-state index in [2.05, 4.69) is 65.9 Å². The maximum absolute atomic E-state index is 12.0. The number of rotatable bonds is 15. The van der Waals surface area contributed by atoms with E-state index >= 15 is 0 Å². The maximum Gasteiger partial charge on any atom is 0.260 e. The van der Waals surface area contributed by atoms with Crippen molar-refractivity contribution in [2.75, 3.05) is 120 Å². The maximum atomic E-state index is 12.0. The van der Waals surface area contributed by atoms with Crippen molar-refractivity contribution in [2.45, 2.75) is 64.2 Å². The Morgan fingerprint density at radius 3 is 1.27 bits per heavy atom. The highest BCUT2D eigenvalue weighted by atomic mass is 16.5. The van der Waals surface area contributed by atoms with Crippen molar-refractivity contribution in [3.8, 4) is 0 Å². The third kappa shape index (κ3) is 17.0. The quantitative estimate of drug-likeness (QED) is 0.0746. The number of aryl methyl sites for hydroxylation is 5. The molecule has 0 spiro atoms. The van der Waals surface area contributed by atoms with Crippen LogP contribution in [0.3, 0.4) is 0 Å². The Balaban J connectivity index is 0.000000122. The number of aromatic nitrogens is 10. The standard InChI is InChI=1S/C17H24N4O.C16H22N4O.C15H20N4O.C12H11N3O2.C11H11N3O/c1-20-13-19-16-12-14(6-7-15(16)17(20)22)18-8-5-11-21-9-3-2-4-10-21;1-19-12-18-15-11-13(5-6-14(15)16(19)21)17-7-4-10-20-8-2-3-9-20;1-18-11-17-14-10-12(4-5-13(14)15(18)20)16-6-9-19-7-2-3-8-19;1-15-7-14-10-6-8(11-13-4-5-17-11)2-3-9(10)12(15)16;1-14-6-13-10-7-4-5-12-9(7)3-2-8(10)11(14)15/h6-7,12-13,18H,2-5,8-11H2,1H3;5-6,11-12,17H,2-4,7-10H2,1H3;4-5,10-11,16H,2-3,6-9H2,1H3;2-3,6-7H,4-5H2,1H3;2-3,6,12H,4-5H2,1H3. The van der Waals surface area contributed by atoms with Gasteiger partial charge in [0.1, 0.15) is 6.61 Å². The average molecular weight is 1290 g/mol. The van der Waals surface area contributed by atoms with Gasteiger partial charge in [0.05, 0.1) is 92.7 Å². The van der Waals surface area contributed by atoms with Crippen LogP contribution in [0.25, 0.3) is 54.5 Å². The van der Waals surface area contributed by atoms with E-state index in [0.29, 0.717) is 51.5 Å². The zero-order chi connectivity index (χ0) is 66.2. The lowest BCUT2D eigenvalue weighted by Crippen LogP contribution is -2.31. The number of nitrogens with one attached hydrogen (secondary N) is 4. The summed E-state index contributed by atoms with van der Waals surface area (Å²) in [7, 11) is 8.57. The van der Waals surface area contributed by atoms with Crippen LogP contribution in [0.15, 0.2) is 146 Å².